The lowest BCUT2D eigenvalue weighted by Crippen LogP contribution is -2.36. The van der Waals surface area contributed by atoms with E-state index < -0.39 is 26.6 Å². The molecule has 1 rings (SSSR count). The Labute approximate surface area is 101 Å². The van der Waals surface area contributed by atoms with Crippen LogP contribution in [0.5, 0.6) is 0 Å². The molecule has 1 aliphatic rings. The van der Waals surface area contributed by atoms with Gasteiger partial charge in [-0.1, -0.05) is 0 Å². The average Bonchev–Trinajstić information content (AvgIpc) is 2.26. The summed E-state index contributed by atoms with van der Waals surface area (Å²) in [6.45, 7) is -0.0602. The molecule has 0 aromatic carbocycles. The second-order valence-electron chi connectivity index (χ2n) is 4.53. The molecule has 1 fully saturated rings. The van der Waals surface area contributed by atoms with E-state index in [1.807, 2.05) is 0 Å². The van der Waals surface area contributed by atoms with Crippen molar-refractivity contribution in [1.29, 1.82) is 5.26 Å². The summed E-state index contributed by atoms with van der Waals surface area (Å²) in [7, 11) is -3.06. The van der Waals surface area contributed by atoms with Crippen LogP contribution in [-0.4, -0.2) is 32.6 Å². The molecule has 0 heterocycles. The Kier molecular flexibility index (Phi) is 3.98. The summed E-state index contributed by atoms with van der Waals surface area (Å²) < 4.78 is 27.4. The average molecular weight is 260 g/mol. The van der Waals surface area contributed by atoms with Gasteiger partial charge in [0.05, 0.1) is 16.7 Å². The fourth-order valence-corrected chi connectivity index (χ4v) is 3.16. The van der Waals surface area contributed by atoms with Gasteiger partial charge in [0.25, 0.3) is 0 Å². The predicted molar refractivity (Wildman–Crippen MR) is 60.7 cm³/mol. The second kappa shape index (κ2) is 4.92. The highest BCUT2D eigenvalue weighted by Crippen LogP contribution is 2.38. The molecular weight excluding hydrogens is 244 g/mol. The number of ether oxygens (including phenoxy) is 1. The molecule has 1 aliphatic carbocycles. The Morgan fingerprint density at radius 3 is 2.41 bits per heavy atom. The molecule has 6 nitrogen and oxygen atoms in total. The summed E-state index contributed by atoms with van der Waals surface area (Å²) in [5.74, 6) is 0. The van der Waals surface area contributed by atoms with Crippen LogP contribution in [0.4, 0.5) is 4.79 Å². The van der Waals surface area contributed by atoms with Crippen molar-refractivity contribution < 1.29 is 17.9 Å². The van der Waals surface area contributed by atoms with E-state index in [9.17, 15) is 13.2 Å². The van der Waals surface area contributed by atoms with Gasteiger partial charge in [-0.25, -0.2) is 13.2 Å². The van der Waals surface area contributed by atoms with Crippen LogP contribution in [-0.2, 0) is 14.6 Å². The monoisotopic (exact) mass is 260 g/mol. The maximum atomic E-state index is 11.4. The minimum absolute atomic E-state index is 0.0602. The van der Waals surface area contributed by atoms with Crippen molar-refractivity contribution in [3.05, 3.63) is 0 Å². The van der Waals surface area contributed by atoms with E-state index in [1.54, 1.807) is 0 Å². The summed E-state index contributed by atoms with van der Waals surface area (Å²) in [6.07, 6.45) is 1.97. The molecule has 2 N–H and O–H groups in total. The summed E-state index contributed by atoms with van der Waals surface area (Å²) in [5.41, 5.74) is 4.07. The number of sulfone groups is 1. The third kappa shape index (κ3) is 3.60. The van der Waals surface area contributed by atoms with Crippen molar-refractivity contribution in [3.63, 3.8) is 0 Å². The fraction of sp³-hybridized carbons (Fsp3) is 0.800. The van der Waals surface area contributed by atoms with Gasteiger partial charge in [-0.05, 0) is 25.7 Å². The normalized spacial score (nSPS) is 29.3. The number of carbonyl (C=O) groups is 1. The molecule has 0 aromatic rings. The Morgan fingerprint density at radius 2 is 2.06 bits per heavy atom. The largest absolute Gasteiger partial charge is 0.448 e. The van der Waals surface area contributed by atoms with Crippen molar-refractivity contribution >= 4 is 15.9 Å². The number of primary amides is 1. The minimum atomic E-state index is -3.06. The molecule has 7 heteroatoms. The summed E-state index contributed by atoms with van der Waals surface area (Å²) in [6, 6.07) is 2.12. The molecule has 0 radical (unpaired) electrons. The van der Waals surface area contributed by atoms with Crippen molar-refractivity contribution in [1.82, 2.24) is 0 Å². The van der Waals surface area contributed by atoms with Crippen LogP contribution in [0.3, 0.4) is 0 Å². The van der Waals surface area contributed by atoms with E-state index in [0.29, 0.717) is 25.7 Å². The molecule has 0 spiro atoms. The van der Waals surface area contributed by atoms with Gasteiger partial charge in [-0.15, -0.1) is 0 Å². The smallest absolute Gasteiger partial charge is 0.404 e. The van der Waals surface area contributed by atoms with E-state index >= 15 is 0 Å². The predicted octanol–water partition coefficient (Wildman–Crippen LogP) is 0.579. The first kappa shape index (κ1) is 13.8. The fourth-order valence-electron chi connectivity index (χ4n) is 2.07. The number of hydrogen-bond acceptors (Lipinski definition) is 5. The highest BCUT2D eigenvalue weighted by Gasteiger charge is 2.39. The molecule has 1 amide bonds. The van der Waals surface area contributed by atoms with E-state index in [0.717, 1.165) is 0 Å². The van der Waals surface area contributed by atoms with E-state index in [1.165, 1.54) is 6.26 Å². The maximum absolute atomic E-state index is 11.4. The molecule has 0 atom stereocenters. The minimum Gasteiger partial charge on any atom is -0.448 e. The lowest BCUT2D eigenvalue weighted by atomic mass is 9.76. The highest BCUT2D eigenvalue weighted by molar-refractivity contribution is 7.91. The zero-order valence-corrected chi connectivity index (χ0v) is 10.5. The van der Waals surface area contributed by atoms with Gasteiger partial charge < -0.3 is 10.5 Å². The van der Waals surface area contributed by atoms with Gasteiger partial charge in [0.1, 0.15) is 16.4 Å². The molecule has 0 bridgehead atoms. The van der Waals surface area contributed by atoms with Crippen molar-refractivity contribution in [2.75, 3.05) is 12.9 Å². The molecule has 1 saturated carbocycles. The van der Waals surface area contributed by atoms with E-state index in [4.69, 9.17) is 11.0 Å². The lowest BCUT2D eigenvalue weighted by molar-refractivity contribution is 0.0951. The van der Waals surface area contributed by atoms with Gasteiger partial charge in [-0.2, -0.15) is 5.26 Å². The number of nitriles is 1. The summed E-state index contributed by atoms with van der Waals surface area (Å²) in [5, 5.41) is 8.72. The van der Waals surface area contributed by atoms with Crippen molar-refractivity contribution in [3.8, 4) is 6.07 Å². The first-order valence-electron chi connectivity index (χ1n) is 5.31. The number of carbonyl (C=O) groups excluding carboxylic acids is 1. The highest BCUT2D eigenvalue weighted by atomic mass is 32.2. The van der Waals surface area contributed by atoms with Gasteiger partial charge in [0.15, 0.2) is 0 Å². The Hall–Kier alpha value is -1.29. The molecule has 0 aliphatic heterocycles. The van der Waals surface area contributed by atoms with Crippen LogP contribution in [0.2, 0.25) is 0 Å². The van der Waals surface area contributed by atoms with Crippen LogP contribution >= 0.6 is 0 Å². The van der Waals surface area contributed by atoms with E-state index in [2.05, 4.69) is 10.8 Å². The summed E-state index contributed by atoms with van der Waals surface area (Å²) in [4.78, 5) is 10.5. The van der Waals surface area contributed by atoms with Crippen molar-refractivity contribution in [2.24, 2.45) is 11.1 Å². The second-order valence-corrected chi connectivity index (χ2v) is 6.85. The van der Waals surface area contributed by atoms with Crippen LogP contribution < -0.4 is 5.73 Å². The first-order valence-corrected chi connectivity index (χ1v) is 7.27. The zero-order valence-electron chi connectivity index (χ0n) is 9.68. The Bertz CT molecular complexity index is 430. The maximum Gasteiger partial charge on any atom is 0.404 e. The Morgan fingerprint density at radius 1 is 1.53 bits per heavy atom. The third-order valence-electron chi connectivity index (χ3n) is 3.22. The standard InChI is InChI=1S/C10H16N2O4S/c1-17(14,15)8-2-4-10(6-11,5-3-8)7-16-9(12)13/h8H,2-5,7H2,1H3,(H2,12,13). The lowest BCUT2D eigenvalue weighted by Gasteiger charge is -2.33. The third-order valence-corrected chi connectivity index (χ3v) is 4.91. The van der Waals surface area contributed by atoms with Crippen LogP contribution in [0.15, 0.2) is 0 Å². The molecule has 0 aromatic heterocycles. The number of nitrogens with zero attached hydrogens (tertiary/aromatic N) is 1. The van der Waals surface area contributed by atoms with Gasteiger partial charge >= 0.3 is 6.09 Å². The molecular formula is C10H16N2O4S. The zero-order chi connectivity index (χ0) is 13.1. The molecule has 17 heavy (non-hydrogen) atoms. The summed E-state index contributed by atoms with van der Waals surface area (Å²) >= 11 is 0. The number of nitrogens with two attached hydrogens (primary N) is 1. The molecule has 0 unspecified atom stereocenters. The quantitative estimate of drug-likeness (QED) is 0.798. The number of hydrogen-bond donors (Lipinski definition) is 1. The molecule has 0 saturated heterocycles. The topological polar surface area (TPSA) is 110 Å². The van der Waals surface area contributed by atoms with Crippen LogP contribution in [0.1, 0.15) is 25.7 Å². The van der Waals surface area contributed by atoms with Crippen LogP contribution in [0, 0.1) is 16.7 Å². The Balaban J connectivity index is 2.64. The first-order chi connectivity index (χ1) is 7.79. The van der Waals surface area contributed by atoms with Crippen LogP contribution in [0.25, 0.3) is 0 Å². The molecule has 96 valence electrons. The number of rotatable bonds is 3. The van der Waals surface area contributed by atoms with Gasteiger partial charge in [0.2, 0.25) is 0 Å². The number of amides is 1. The van der Waals surface area contributed by atoms with E-state index in [-0.39, 0.29) is 6.61 Å². The SMILES string of the molecule is CS(=O)(=O)C1CCC(C#N)(COC(N)=O)CC1. The van der Waals surface area contributed by atoms with Gasteiger partial charge in [0, 0.05) is 6.26 Å². The van der Waals surface area contributed by atoms with Gasteiger partial charge in [-0.3, -0.25) is 0 Å². The van der Waals surface area contributed by atoms with Crippen molar-refractivity contribution in [2.45, 2.75) is 30.9 Å².